The maximum atomic E-state index is 5.74. The number of hydrogen-bond acceptors (Lipinski definition) is 1. The van der Waals surface area contributed by atoms with Crippen molar-refractivity contribution in [2.75, 3.05) is 0 Å². The summed E-state index contributed by atoms with van der Waals surface area (Å²) >= 11 is 0. The molecule has 0 unspecified atom stereocenters. The quantitative estimate of drug-likeness (QED) is 0.692. The Morgan fingerprint density at radius 2 is 1.92 bits per heavy atom. The molecule has 0 aliphatic heterocycles. The van der Waals surface area contributed by atoms with Gasteiger partial charge < -0.3 is 5.73 Å². The molecule has 1 rings (SSSR count). The van der Waals surface area contributed by atoms with Crippen molar-refractivity contribution in [3.63, 3.8) is 0 Å². The van der Waals surface area contributed by atoms with Crippen molar-refractivity contribution in [1.82, 2.24) is 4.57 Å². The summed E-state index contributed by atoms with van der Waals surface area (Å²) in [6.07, 6.45) is 0. The van der Waals surface area contributed by atoms with Crippen LogP contribution in [0.1, 0.15) is 31.1 Å². The van der Waals surface area contributed by atoms with Crippen LogP contribution < -0.4 is 10.3 Å². The topological polar surface area (TPSA) is 34.8 Å². The Labute approximate surface area is 80.2 Å². The van der Waals surface area contributed by atoms with Crippen molar-refractivity contribution in [3.05, 3.63) is 17.2 Å². The van der Waals surface area contributed by atoms with Crippen LogP contribution >= 0.6 is 0 Å². The van der Waals surface area contributed by atoms with Crippen LogP contribution in [0.25, 0.3) is 0 Å². The molecule has 1 aromatic rings. The van der Waals surface area contributed by atoms with Gasteiger partial charge in [0.1, 0.15) is 11.4 Å². The molecule has 0 fully saturated rings. The van der Waals surface area contributed by atoms with Gasteiger partial charge in [-0.3, -0.25) is 0 Å². The lowest BCUT2D eigenvalue weighted by molar-refractivity contribution is -0.706. The van der Waals surface area contributed by atoms with Crippen molar-refractivity contribution in [2.45, 2.75) is 47.3 Å². The molecule has 0 atom stereocenters. The minimum atomic E-state index is 0.621. The third kappa shape index (κ3) is 1.48. The molecular weight excluding hydrogens is 162 g/mol. The zero-order chi connectivity index (χ0) is 10.0. The van der Waals surface area contributed by atoms with Crippen molar-refractivity contribution in [2.24, 2.45) is 5.73 Å². The van der Waals surface area contributed by atoms with Crippen LogP contribution in [0, 0.1) is 13.8 Å². The van der Waals surface area contributed by atoms with Crippen LogP contribution in [0.5, 0.6) is 0 Å². The molecule has 0 aromatic carbocycles. The van der Waals surface area contributed by atoms with E-state index in [1.807, 2.05) is 0 Å². The van der Waals surface area contributed by atoms with Crippen molar-refractivity contribution in [3.8, 4) is 0 Å². The minimum absolute atomic E-state index is 0.621. The number of aromatic nitrogens is 2. The zero-order valence-corrected chi connectivity index (χ0v) is 9.09. The molecule has 0 saturated heterocycles. The first-order valence-corrected chi connectivity index (χ1v) is 4.95. The van der Waals surface area contributed by atoms with Gasteiger partial charge in [-0.25, -0.2) is 9.13 Å². The molecule has 3 heteroatoms. The second-order valence-electron chi connectivity index (χ2n) is 3.28. The molecule has 3 nitrogen and oxygen atoms in total. The number of imidazole rings is 1. The van der Waals surface area contributed by atoms with E-state index in [1.54, 1.807) is 0 Å². The highest BCUT2D eigenvalue weighted by Gasteiger charge is 2.21. The maximum absolute atomic E-state index is 5.74. The van der Waals surface area contributed by atoms with Crippen LogP contribution in [0.15, 0.2) is 0 Å². The number of rotatable bonds is 3. The van der Waals surface area contributed by atoms with Gasteiger partial charge in [0.25, 0.3) is 5.82 Å². The van der Waals surface area contributed by atoms with Crippen molar-refractivity contribution in [1.29, 1.82) is 0 Å². The van der Waals surface area contributed by atoms with Gasteiger partial charge in [-0.1, -0.05) is 0 Å². The third-order valence-corrected chi connectivity index (χ3v) is 2.77. The lowest BCUT2D eigenvalue weighted by Crippen LogP contribution is -2.40. The van der Waals surface area contributed by atoms with Crippen LogP contribution in [0.2, 0.25) is 0 Å². The summed E-state index contributed by atoms with van der Waals surface area (Å²) in [6.45, 7) is 11.3. The molecule has 0 aliphatic carbocycles. The Hall–Kier alpha value is -0.830. The highest BCUT2D eigenvalue weighted by molar-refractivity contribution is 5.07. The molecule has 0 saturated carbocycles. The van der Waals surface area contributed by atoms with E-state index in [0.29, 0.717) is 6.54 Å². The molecule has 74 valence electrons. The van der Waals surface area contributed by atoms with E-state index in [1.165, 1.54) is 17.2 Å². The van der Waals surface area contributed by atoms with Gasteiger partial charge >= 0.3 is 0 Å². The van der Waals surface area contributed by atoms with E-state index < -0.39 is 0 Å². The summed E-state index contributed by atoms with van der Waals surface area (Å²) in [5.74, 6) is 1.24. The minimum Gasteiger partial charge on any atom is -0.320 e. The van der Waals surface area contributed by atoms with E-state index in [9.17, 15) is 0 Å². The van der Waals surface area contributed by atoms with E-state index in [0.717, 1.165) is 13.1 Å². The SMILES string of the molecule is CCn1c(C)c(C)[n+](CC)c1CN. The first-order chi connectivity index (χ1) is 6.17. The largest absolute Gasteiger partial charge is 0.320 e. The van der Waals surface area contributed by atoms with Crippen LogP contribution in [0.3, 0.4) is 0 Å². The van der Waals surface area contributed by atoms with Gasteiger partial charge in [0.2, 0.25) is 0 Å². The highest BCUT2D eigenvalue weighted by atomic mass is 15.2. The Morgan fingerprint density at radius 3 is 2.31 bits per heavy atom. The fourth-order valence-corrected chi connectivity index (χ4v) is 1.98. The smallest absolute Gasteiger partial charge is 0.270 e. The summed E-state index contributed by atoms with van der Waals surface area (Å²) < 4.78 is 4.58. The maximum Gasteiger partial charge on any atom is 0.270 e. The second-order valence-corrected chi connectivity index (χ2v) is 3.28. The van der Waals surface area contributed by atoms with Gasteiger partial charge in [-0.2, -0.15) is 0 Å². The van der Waals surface area contributed by atoms with Gasteiger partial charge in [0.05, 0.1) is 19.6 Å². The summed E-state index contributed by atoms with van der Waals surface area (Å²) in [6, 6.07) is 0. The fourth-order valence-electron chi connectivity index (χ4n) is 1.98. The van der Waals surface area contributed by atoms with Crippen LogP contribution in [-0.4, -0.2) is 4.57 Å². The van der Waals surface area contributed by atoms with Crippen molar-refractivity contribution >= 4 is 0 Å². The molecule has 0 aliphatic rings. The number of nitrogens with two attached hydrogens (primary N) is 1. The lowest BCUT2D eigenvalue weighted by Gasteiger charge is -1.99. The lowest BCUT2D eigenvalue weighted by atomic mass is 10.3. The van der Waals surface area contributed by atoms with Gasteiger partial charge in [-0.05, 0) is 13.8 Å². The molecule has 0 bridgehead atoms. The Balaban J connectivity index is 3.34. The first-order valence-electron chi connectivity index (χ1n) is 4.95. The van der Waals surface area contributed by atoms with Crippen LogP contribution in [0.4, 0.5) is 0 Å². The van der Waals surface area contributed by atoms with E-state index in [4.69, 9.17) is 5.73 Å². The molecule has 1 heterocycles. The first kappa shape index (κ1) is 10.3. The molecular formula is C10H20N3+. The van der Waals surface area contributed by atoms with E-state index in [-0.39, 0.29) is 0 Å². The average Bonchev–Trinajstić information content (AvgIpc) is 2.38. The molecule has 13 heavy (non-hydrogen) atoms. The Bertz CT molecular complexity index is 272. The summed E-state index contributed by atoms with van der Waals surface area (Å²) in [4.78, 5) is 0. The third-order valence-electron chi connectivity index (χ3n) is 2.77. The molecule has 0 radical (unpaired) electrons. The fraction of sp³-hybridized carbons (Fsp3) is 0.700. The standard InChI is InChI=1S/C10H20N3/c1-5-12-8(3)9(4)13(6-2)10(12)7-11/h5-7,11H2,1-4H3/q+1. The average molecular weight is 182 g/mol. The molecule has 0 spiro atoms. The molecule has 2 N–H and O–H groups in total. The predicted octanol–water partition coefficient (Wildman–Crippen LogP) is 0.891. The van der Waals surface area contributed by atoms with E-state index in [2.05, 4.69) is 36.8 Å². The van der Waals surface area contributed by atoms with Gasteiger partial charge in [0.15, 0.2) is 0 Å². The Morgan fingerprint density at radius 1 is 1.31 bits per heavy atom. The predicted molar refractivity (Wildman–Crippen MR) is 53.3 cm³/mol. The zero-order valence-electron chi connectivity index (χ0n) is 9.09. The van der Waals surface area contributed by atoms with Crippen LogP contribution in [-0.2, 0) is 19.6 Å². The Kier molecular flexibility index (Phi) is 3.09. The number of nitrogens with zero attached hydrogens (tertiary/aromatic N) is 2. The molecule has 1 aromatic heterocycles. The van der Waals surface area contributed by atoms with Gasteiger partial charge in [-0.15, -0.1) is 0 Å². The van der Waals surface area contributed by atoms with E-state index >= 15 is 0 Å². The number of hydrogen-bond donors (Lipinski definition) is 1. The van der Waals surface area contributed by atoms with Gasteiger partial charge in [0, 0.05) is 13.8 Å². The summed E-state index contributed by atoms with van der Waals surface area (Å²) in [5.41, 5.74) is 8.42. The normalized spacial score (nSPS) is 10.8. The van der Waals surface area contributed by atoms with Crippen molar-refractivity contribution < 1.29 is 4.57 Å². The second kappa shape index (κ2) is 3.92. The molecule has 0 amide bonds. The highest BCUT2D eigenvalue weighted by Crippen LogP contribution is 2.07. The monoisotopic (exact) mass is 182 g/mol. The summed E-state index contributed by atoms with van der Waals surface area (Å²) in [7, 11) is 0. The summed E-state index contributed by atoms with van der Waals surface area (Å²) in [5, 5.41) is 0.